The van der Waals surface area contributed by atoms with Crippen molar-refractivity contribution < 1.29 is 4.79 Å². The van der Waals surface area contributed by atoms with Crippen LogP contribution in [0.15, 0.2) is 30.9 Å². The summed E-state index contributed by atoms with van der Waals surface area (Å²) in [6.07, 6.45) is 5.07. The monoisotopic (exact) mass is 346 g/mol. The van der Waals surface area contributed by atoms with Crippen LogP contribution in [0.2, 0.25) is 5.02 Å². The fraction of sp³-hybridized carbons (Fsp3) is 0.375. The van der Waals surface area contributed by atoms with Crippen LogP contribution in [-0.2, 0) is 17.8 Å². The van der Waals surface area contributed by atoms with E-state index in [0.717, 1.165) is 23.3 Å². The maximum Gasteiger partial charge on any atom is 0.222 e. The van der Waals surface area contributed by atoms with Crippen molar-refractivity contribution >= 4 is 28.5 Å². The molecule has 1 amide bonds. The van der Waals surface area contributed by atoms with E-state index in [0.29, 0.717) is 31.0 Å². The second-order valence-electron chi connectivity index (χ2n) is 5.67. The third-order valence-electron chi connectivity index (χ3n) is 3.85. The number of amides is 1. The predicted octanol–water partition coefficient (Wildman–Crippen LogP) is 2.29. The van der Waals surface area contributed by atoms with E-state index in [1.54, 1.807) is 15.9 Å². The van der Waals surface area contributed by atoms with E-state index in [9.17, 15) is 4.79 Å². The fourth-order valence-corrected chi connectivity index (χ4v) is 2.65. The Labute approximate surface area is 144 Å². The van der Waals surface area contributed by atoms with Gasteiger partial charge in [-0.2, -0.15) is 5.10 Å². The molecule has 0 aliphatic carbocycles. The number of fused-ring (bicyclic) bond motifs is 1. The van der Waals surface area contributed by atoms with Crippen molar-refractivity contribution in [2.75, 3.05) is 13.6 Å². The summed E-state index contributed by atoms with van der Waals surface area (Å²) in [5.41, 5.74) is 1.80. The van der Waals surface area contributed by atoms with Crippen molar-refractivity contribution in [3.63, 3.8) is 0 Å². The lowest BCUT2D eigenvalue weighted by atomic mass is 10.2. The van der Waals surface area contributed by atoms with Gasteiger partial charge in [-0.25, -0.2) is 9.97 Å². The summed E-state index contributed by atoms with van der Waals surface area (Å²) in [6, 6.07) is 5.56. The largest absolute Gasteiger partial charge is 0.345 e. The quantitative estimate of drug-likeness (QED) is 0.711. The van der Waals surface area contributed by atoms with E-state index in [-0.39, 0.29) is 5.91 Å². The van der Waals surface area contributed by atoms with Crippen LogP contribution in [0.3, 0.4) is 0 Å². The molecule has 1 N–H and O–H groups in total. The molecule has 0 spiro atoms. The number of aryl methyl sites for hydroxylation is 1. The van der Waals surface area contributed by atoms with Gasteiger partial charge < -0.3 is 9.88 Å². The number of hydrogen-bond donors (Lipinski definition) is 1. The number of carbonyl (C=O) groups excluding carboxylic acids is 1. The van der Waals surface area contributed by atoms with Crippen molar-refractivity contribution in [3.05, 3.63) is 41.7 Å². The zero-order chi connectivity index (χ0) is 16.9. The van der Waals surface area contributed by atoms with Crippen LogP contribution in [0.5, 0.6) is 0 Å². The number of nitrogens with one attached hydrogen (secondary N) is 1. The first-order valence-corrected chi connectivity index (χ1v) is 8.20. The number of nitrogens with zero attached hydrogens (tertiary/aromatic N) is 5. The van der Waals surface area contributed by atoms with Gasteiger partial charge in [0.25, 0.3) is 0 Å². The summed E-state index contributed by atoms with van der Waals surface area (Å²) in [4.78, 5) is 25.5. The molecular weight excluding hydrogens is 328 g/mol. The summed E-state index contributed by atoms with van der Waals surface area (Å²) in [7, 11) is 1.82. The molecule has 0 radical (unpaired) electrons. The van der Waals surface area contributed by atoms with Gasteiger partial charge in [0.1, 0.15) is 18.5 Å². The molecule has 7 nitrogen and oxygen atoms in total. The van der Waals surface area contributed by atoms with E-state index in [4.69, 9.17) is 11.6 Å². The maximum absolute atomic E-state index is 12.1. The molecule has 2 heterocycles. The highest BCUT2D eigenvalue weighted by atomic mass is 35.5. The Bertz CT molecular complexity index is 813. The van der Waals surface area contributed by atoms with E-state index < -0.39 is 0 Å². The normalized spacial score (nSPS) is 11.1. The number of halogens is 1. The van der Waals surface area contributed by atoms with Gasteiger partial charge in [-0.3, -0.25) is 9.48 Å². The molecule has 0 bridgehead atoms. The van der Waals surface area contributed by atoms with E-state index in [1.165, 1.54) is 6.33 Å². The first-order valence-electron chi connectivity index (χ1n) is 7.82. The molecule has 0 saturated heterocycles. The van der Waals surface area contributed by atoms with Gasteiger partial charge >= 0.3 is 0 Å². The molecule has 3 rings (SSSR count). The van der Waals surface area contributed by atoms with Crippen LogP contribution < -0.4 is 0 Å². The Hall–Kier alpha value is -2.41. The Balaban J connectivity index is 1.46. The van der Waals surface area contributed by atoms with E-state index in [2.05, 4.69) is 20.1 Å². The van der Waals surface area contributed by atoms with Gasteiger partial charge in [-0.15, -0.1) is 0 Å². The fourth-order valence-electron chi connectivity index (χ4n) is 2.48. The number of carbonyl (C=O) groups is 1. The second kappa shape index (κ2) is 7.44. The van der Waals surface area contributed by atoms with E-state index >= 15 is 0 Å². The highest BCUT2D eigenvalue weighted by molar-refractivity contribution is 6.31. The minimum Gasteiger partial charge on any atom is -0.345 e. The minimum absolute atomic E-state index is 0.120. The van der Waals surface area contributed by atoms with Gasteiger partial charge in [0, 0.05) is 38.0 Å². The predicted molar refractivity (Wildman–Crippen MR) is 91.7 cm³/mol. The number of rotatable bonds is 7. The molecule has 8 heteroatoms. The lowest BCUT2D eigenvalue weighted by Crippen LogP contribution is -2.29. The third kappa shape index (κ3) is 4.11. The molecule has 126 valence electrons. The first-order chi connectivity index (χ1) is 11.6. The van der Waals surface area contributed by atoms with Crippen molar-refractivity contribution in [2.45, 2.75) is 25.8 Å². The number of aromatic nitrogens is 5. The van der Waals surface area contributed by atoms with Crippen molar-refractivity contribution in [1.29, 1.82) is 0 Å². The third-order valence-corrected chi connectivity index (χ3v) is 4.08. The van der Waals surface area contributed by atoms with Crippen LogP contribution in [-0.4, -0.2) is 49.1 Å². The van der Waals surface area contributed by atoms with Crippen LogP contribution >= 0.6 is 11.6 Å². The highest BCUT2D eigenvalue weighted by Gasteiger charge is 2.10. The average Bonchev–Trinajstić information content (AvgIpc) is 3.21. The Morgan fingerprint density at radius 3 is 3.08 bits per heavy atom. The van der Waals surface area contributed by atoms with Crippen LogP contribution in [0.4, 0.5) is 0 Å². The van der Waals surface area contributed by atoms with Gasteiger partial charge in [0.15, 0.2) is 0 Å². The number of imidazole rings is 1. The van der Waals surface area contributed by atoms with Gasteiger partial charge in [0.05, 0.1) is 11.0 Å². The zero-order valence-electron chi connectivity index (χ0n) is 13.4. The molecule has 3 aromatic rings. The molecular formula is C16H19ClN6O. The van der Waals surface area contributed by atoms with Crippen LogP contribution in [0.1, 0.15) is 18.7 Å². The van der Waals surface area contributed by atoms with Gasteiger partial charge in [-0.1, -0.05) is 11.6 Å². The molecule has 0 aliphatic rings. The van der Waals surface area contributed by atoms with Crippen LogP contribution in [0, 0.1) is 0 Å². The van der Waals surface area contributed by atoms with Crippen molar-refractivity contribution in [2.24, 2.45) is 0 Å². The number of likely N-dealkylation sites (N-methyl/N-ethyl adjacent to an activating group) is 1. The molecule has 0 aliphatic heterocycles. The molecule has 0 unspecified atom stereocenters. The first kappa shape index (κ1) is 16.4. The molecule has 24 heavy (non-hydrogen) atoms. The van der Waals surface area contributed by atoms with Crippen LogP contribution in [0.25, 0.3) is 11.0 Å². The zero-order valence-corrected chi connectivity index (χ0v) is 14.2. The highest BCUT2D eigenvalue weighted by Crippen LogP contribution is 2.17. The minimum atomic E-state index is 0.120. The smallest absolute Gasteiger partial charge is 0.222 e. The summed E-state index contributed by atoms with van der Waals surface area (Å²) < 4.78 is 1.73. The van der Waals surface area contributed by atoms with Crippen molar-refractivity contribution in [1.82, 2.24) is 29.6 Å². The molecule has 0 saturated carbocycles. The summed E-state index contributed by atoms with van der Waals surface area (Å²) in [6.45, 7) is 1.32. The Morgan fingerprint density at radius 2 is 2.29 bits per heavy atom. The SMILES string of the molecule is CN(CCc1nc2ccc(Cl)cc2[nH]1)C(=O)CCCn1cncn1. The molecule has 1 aromatic carbocycles. The number of benzene rings is 1. The lowest BCUT2D eigenvalue weighted by Gasteiger charge is -2.16. The molecule has 0 fully saturated rings. The number of hydrogen-bond acceptors (Lipinski definition) is 4. The van der Waals surface area contributed by atoms with Gasteiger partial charge in [0.2, 0.25) is 5.91 Å². The maximum atomic E-state index is 12.1. The average molecular weight is 347 g/mol. The molecule has 2 aromatic heterocycles. The second-order valence-corrected chi connectivity index (χ2v) is 6.11. The number of aromatic amines is 1. The van der Waals surface area contributed by atoms with E-state index in [1.807, 2.05) is 25.2 Å². The lowest BCUT2D eigenvalue weighted by molar-refractivity contribution is -0.130. The summed E-state index contributed by atoms with van der Waals surface area (Å²) >= 11 is 5.97. The molecule has 0 atom stereocenters. The Morgan fingerprint density at radius 1 is 1.42 bits per heavy atom. The summed E-state index contributed by atoms with van der Waals surface area (Å²) in [5, 5.41) is 4.70. The Kier molecular flexibility index (Phi) is 5.10. The standard InChI is InChI=1S/C16H19ClN6O/c1-22(16(24)3-2-7-23-11-18-10-19-23)8-6-15-20-13-5-4-12(17)9-14(13)21-15/h4-5,9-11H,2-3,6-8H2,1H3,(H,20,21). The number of H-pyrrole nitrogens is 1. The van der Waals surface area contributed by atoms with Gasteiger partial charge in [-0.05, 0) is 24.6 Å². The summed E-state index contributed by atoms with van der Waals surface area (Å²) in [5.74, 6) is 0.976. The van der Waals surface area contributed by atoms with Crippen molar-refractivity contribution in [3.8, 4) is 0 Å². The topological polar surface area (TPSA) is 79.7 Å².